The minimum Gasteiger partial charge on any atom is -0.299 e. The first kappa shape index (κ1) is 13.1. The smallest absolute Gasteiger partial charge is 0.299 e. The molecule has 16 heavy (non-hydrogen) atoms. The van der Waals surface area contributed by atoms with E-state index in [0.29, 0.717) is 0 Å². The van der Waals surface area contributed by atoms with Crippen LogP contribution in [0.2, 0.25) is 0 Å². The predicted molar refractivity (Wildman–Crippen MR) is 43.7 cm³/mol. The fourth-order valence-electron chi connectivity index (χ4n) is 1.18. The Labute approximate surface area is 88.7 Å². The van der Waals surface area contributed by atoms with E-state index in [9.17, 15) is 31.2 Å². The summed E-state index contributed by atoms with van der Waals surface area (Å²) in [4.78, 5) is 21.9. The van der Waals surface area contributed by atoms with Crippen LogP contribution >= 0.6 is 0 Å². The third-order valence-electron chi connectivity index (χ3n) is 2.07. The number of hydrogen-bond acceptors (Lipinski definition) is 5. The number of rotatable bonds is 3. The van der Waals surface area contributed by atoms with Crippen molar-refractivity contribution in [3.05, 3.63) is 0 Å². The van der Waals surface area contributed by atoms with E-state index in [1.54, 1.807) is 0 Å². The Balaban J connectivity index is 2.65. The molecule has 9 heteroatoms. The maximum Gasteiger partial charge on any atom is 0.523 e. The lowest BCUT2D eigenvalue weighted by Gasteiger charge is -2.10. The van der Waals surface area contributed by atoms with Crippen LogP contribution in [0.4, 0.5) is 13.2 Å². The molecule has 1 fully saturated rings. The van der Waals surface area contributed by atoms with E-state index in [4.69, 9.17) is 0 Å². The topological polar surface area (TPSA) is 77.5 Å². The van der Waals surface area contributed by atoms with E-state index in [2.05, 4.69) is 4.18 Å². The molecule has 0 amide bonds. The summed E-state index contributed by atoms with van der Waals surface area (Å²) in [5.74, 6) is -2.58. The lowest BCUT2D eigenvalue weighted by atomic mass is 10.1. The molecule has 0 N–H and O–H groups in total. The van der Waals surface area contributed by atoms with Crippen LogP contribution < -0.4 is 0 Å². The Hall–Kier alpha value is -0.960. The van der Waals surface area contributed by atoms with Gasteiger partial charge in [-0.05, 0) is 0 Å². The fourth-order valence-corrected chi connectivity index (χ4v) is 1.63. The van der Waals surface area contributed by atoms with Crippen LogP contribution in [0.25, 0.3) is 0 Å². The van der Waals surface area contributed by atoms with Crippen molar-refractivity contribution in [3.63, 3.8) is 0 Å². The SMILES string of the molecule is O=C1CCC(=O)C1COS(=O)(=O)C(F)(F)F. The van der Waals surface area contributed by atoms with E-state index < -0.39 is 39.7 Å². The lowest BCUT2D eigenvalue weighted by Crippen LogP contribution is -2.30. The normalized spacial score (nSPS) is 19.4. The van der Waals surface area contributed by atoms with Gasteiger partial charge in [0.15, 0.2) is 0 Å². The summed E-state index contributed by atoms with van der Waals surface area (Å²) < 4.78 is 60.0. The van der Waals surface area contributed by atoms with Crippen LogP contribution in [0.5, 0.6) is 0 Å². The summed E-state index contributed by atoms with van der Waals surface area (Å²) >= 11 is 0. The molecular weight excluding hydrogens is 253 g/mol. The summed E-state index contributed by atoms with van der Waals surface area (Å²) in [6.45, 7) is -1.07. The van der Waals surface area contributed by atoms with Crippen molar-refractivity contribution in [2.45, 2.75) is 18.3 Å². The van der Waals surface area contributed by atoms with E-state index in [-0.39, 0.29) is 12.8 Å². The molecule has 1 saturated carbocycles. The van der Waals surface area contributed by atoms with Crippen LogP contribution in [0, 0.1) is 5.92 Å². The van der Waals surface area contributed by atoms with E-state index >= 15 is 0 Å². The molecule has 0 spiro atoms. The molecule has 5 nitrogen and oxygen atoms in total. The van der Waals surface area contributed by atoms with Crippen LogP contribution in [-0.4, -0.2) is 32.1 Å². The largest absolute Gasteiger partial charge is 0.523 e. The number of halogens is 3. The van der Waals surface area contributed by atoms with Gasteiger partial charge in [-0.3, -0.25) is 13.8 Å². The van der Waals surface area contributed by atoms with Gasteiger partial charge in [0, 0.05) is 12.8 Å². The van der Waals surface area contributed by atoms with Crippen LogP contribution in [0.1, 0.15) is 12.8 Å². The van der Waals surface area contributed by atoms with Gasteiger partial charge < -0.3 is 0 Å². The number of alkyl halides is 3. The van der Waals surface area contributed by atoms with Gasteiger partial charge in [0.1, 0.15) is 17.5 Å². The molecule has 0 radical (unpaired) electrons. The molecule has 0 unspecified atom stereocenters. The average molecular weight is 260 g/mol. The second-order valence-electron chi connectivity index (χ2n) is 3.17. The zero-order chi connectivity index (χ0) is 12.6. The standard InChI is InChI=1S/C7H7F3O5S/c8-7(9,10)16(13,14)15-3-4-5(11)1-2-6(4)12/h4H,1-3H2. The Morgan fingerprint density at radius 3 is 2.00 bits per heavy atom. The van der Waals surface area contributed by atoms with Gasteiger partial charge in [-0.1, -0.05) is 0 Å². The molecule has 1 rings (SSSR count). The highest BCUT2D eigenvalue weighted by molar-refractivity contribution is 7.87. The molecule has 0 heterocycles. The molecule has 0 aliphatic heterocycles. The quantitative estimate of drug-likeness (QED) is 0.417. The van der Waals surface area contributed by atoms with Gasteiger partial charge in [0.2, 0.25) is 0 Å². The molecule has 92 valence electrons. The number of ketones is 2. The molecule has 0 atom stereocenters. The Bertz CT molecular complexity index is 394. The van der Waals surface area contributed by atoms with E-state index in [0.717, 1.165) is 0 Å². The van der Waals surface area contributed by atoms with Crippen LogP contribution in [0.15, 0.2) is 0 Å². The monoisotopic (exact) mass is 260 g/mol. The van der Waals surface area contributed by atoms with Crippen molar-refractivity contribution in [3.8, 4) is 0 Å². The molecule has 1 aliphatic rings. The van der Waals surface area contributed by atoms with Crippen molar-refractivity contribution in [2.24, 2.45) is 5.92 Å². The molecule has 0 aromatic heterocycles. The van der Waals surface area contributed by atoms with Crippen molar-refractivity contribution >= 4 is 21.7 Å². The minimum atomic E-state index is -5.74. The zero-order valence-electron chi connectivity index (χ0n) is 7.78. The third kappa shape index (κ3) is 2.59. The Morgan fingerprint density at radius 1 is 1.19 bits per heavy atom. The molecule has 0 aromatic carbocycles. The average Bonchev–Trinajstić information content (AvgIpc) is 2.42. The maximum atomic E-state index is 11.8. The first-order chi connectivity index (χ1) is 7.15. The molecule has 0 saturated heterocycles. The highest BCUT2D eigenvalue weighted by Gasteiger charge is 2.48. The van der Waals surface area contributed by atoms with Crippen molar-refractivity contribution in [1.29, 1.82) is 0 Å². The van der Waals surface area contributed by atoms with E-state index in [1.165, 1.54) is 0 Å². The summed E-state index contributed by atoms with van der Waals surface area (Å²) in [5.41, 5.74) is -5.54. The maximum absolute atomic E-state index is 11.8. The molecule has 0 aromatic rings. The predicted octanol–water partition coefficient (Wildman–Crippen LogP) is 0.401. The minimum absolute atomic E-state index is 0.0844. The van der Waals surface area contributed by atoms with Gasteiger partial charge in [-0.15, -0.1) is 0 Å². The highest BCUT2D eigenvalue weighted by atomic mass is 32.2. The summed E-state index contributed by atoms with van der Waals surface area (Å²) in [6.07, 6.45) is -0.169. The fraction of sp³-hybridized carbons (Fsp3) is 0.714. The van der Waals surface area contributed by atoms with Gasteiger partial charge in [0.25, 0.3) is 0 Å². The first-order valence-corrected chi connectivity index (χ1v) is 5.57. The summed E-state index contributed by atoms with van der Waals surface area (Å²) in [6, 6.07) is 0. The molecular formula is C7H7F3O5S. The van der Waals surface area contributed by atoms with E-state index in [1.807, 2.05) is 0 Å². The van der Waals surface area contributed by atoms with Crippen molar-refractivity contribution in [2.75, 3.05) is 6.61 Å². The highest BCUT2D eigenvalue weighted by Crippen LogP contribution is 2.26. The van der Waals surface area contributed by atoms with Crippen molar-refractivity contribution in [1.82, 2.24) is 0 Å². The second-order valence-corrected chi connectivity index (χ2v) is 4.78. The first-order valence-electron chi connectivity index (χ1n) is 4.16. The molecule has 0 bridgehead atoms. The molecule has 1 aliphatic carbocycles. The third-order valence-corrected chi connectivity index (χ3v) is 3.08. The lowest BCUT2D eigenvalue weighted by molar-refractivity contribution is -0.128. The number of carbonyl (C=O) groups excluding carboxylic acids is 2. The van der Waals surface area contributed by atoms with Gasteiger partial charge >= 0.3 is 15.6 Å². The van der Waals surface area contributed by atoms with Gasteiger partial charge in [-0.2, -0.15) is 21.6 Å². The van der Waals surface area contributed by atoms with Crippen LogP contribution in [0.3, 0.4) is 0 Å². The summed E-state index contributed by atoms with van der Waals surface area (Å²) in [7, 11) is -5.74. The Morgan fingerprint density at radius 2 is 1.62 bits per heavy atom. The second kappa shape index (κ2) is 4.13. The Kier molecular flexibility index (Phi) is 3.38. The number of hydrogen-bond donors (Lipinski definition) is 0. The van der Waals surface area contributed by atoms with Gasteiger partial charge in [-0.25, -0.2) is 0 Å². The van der Waals surface area contributed by atoms with Crippen LogP contribution in [-0.2, 0) is 23.9 Å². The van der Waals surface area contributed by atoms with Crippen molar-refractivity contribution < 1.29 is 35.4 Å². The summed E-state index contributed by atoms with van der Waals surface area (Å²) in [5, 5.41) is 0. The zero-order valence-corrected chi connectivity index (χ0v) is 8.60. The number of carbonyl (C=O) groups is 2. The number of Topliss-reactive ketones (excluding diaryl/α,β-unsaturated/α-hetero) is 2. The van der Waals surface area contributed by atoms with Gasteiger partial charge in [0.05, 0.1) is 6.61 Å².